The van der Waals surface area contributed by atoms with E-state index < -0.39 is 0 Å². The molecule has 0 aliphatic rings. The van der Waals surface area contributed by atoms with E-state index in [1.54, 1.807) is 0 Å². The van der Waals surface area contributed by atoms with E-state index in [0.717, 1.165) is 13.1 Å². The Bertz CT molecular complexity index is 144. The highest BCUT2D eigenvalue weighted by Gasteiger charge is 2.15. The predicted octanol–water partition coefficient (Wildman–Crippen LogP) is -0.503. The molecule has 0 aromatic carbocycles. The first-order chi connectivity index (χ1) is 7.27. The van der Waals surface area contributed by atoms with Crippen molar-refractivity contribution in [3.05, 3.63) is 0 Å². The Morgan fingerprint density at radius 3 is 0.750 bits per heavy atom. The molecule has 0 unspecified atom stereocenters. The van der Waals surface area contributed by atoms with Gasteiger partial charge in [0.15, 0.2) is 0 Å². The first-order valence-electron chi connectivity index (χ1n) is 5.51. The van der Waals surface area contributed by atoms with Crippen LogP contribution >= 0.6 is 0 Å². The molecule has 0 aliphatic carbocycles. The second kappa shape index (κ2) is 7.16. The Morgan fingerprint density at radius 1 is 0.438 bits per heavy atom. The van der Waals surface area contributed by atoms with Gasteiger partial charge < -0.3 is 0 Å². The van der Waals surface area contributed by atoms with Crippen molar-refractivity contribution in [1.29, 1.82) is 0 Å². The van der Waals surface area contributed by atoms with E-state index in [-0.39, 0.29) is 0 Å². The van der Waals surface area contributed by atoms with Gasteiger partial charge in [-0.1, -0.05) is 0 Å². The van der Waals surface area contributed by atoms with Crippen molar-refractivity contribution in [2.24, 2.45) is 0 Å². The summed E-state index contributed by atoms with van der Waals surface area (Å²) in [4.78, 5) is 0. The first-order valence-corrected chi connectivity index (χ1v) is 5.51. The Hall–Kier alpha value is -0.240. The molecule has 0 bridgehead atoms. The molecule has 0 N–H and O–H groups in total. The van der Waals surface area contributed by atoms with E-state index in [2.05, 4.69) is 86.7 Å². The van der Waals surface area contributed by atoms with Crippen LogP contribution in [0.5, 0.6) is 0 Å². The number of rotatable bonds is 7. The molecule has 98 valence electrons. The minimum Gasteiger partial charge on any atom is -0.234 e. The molecule has 6 heteroatoms. The van der Waals surface area contributed by atoms with Gasteiger partial charge in [0, 0.05) is 69.5 Å². The molecule has 0 heterocycles. The van der Waals surface area contributed by atoms with Crippen LogP contribution in [0.15, 0.2) is 0 Å². The van der Waals surface area contributed by atoms with Crippen LogP contribution in [0, 0.1) is 0 Å². The van der Waals surface area contributed by atoms with Gasteiger partial charge >= 0.3 is 0 Å². The zero-order valence-electron chi connectivity index (χ0n) is 12.1. The lowest BCUT2D eigenvalue weighted by Crippen LogP contribution is -2.54. The molecule has 0 atom stereocenters. The average Bonchev–Trinajstić information content (AvgIpc) is 2.09. The van der Waals surface area contributed by atoms with Gasteiger partial charge in [-0.15, -0.1) is 0 Å². The van der Waals surface area contributed by atoms with Gasteiger partial charge in [0.1, 0.15) is 0 Å². The topological polar surface area (TPSA) is 19.4 Å². The van der Waals surface area contributed by atoms with E-state index in [1.165, 1.54) is 0 Å². The fourth-order valence-corrected chi connectivity index (χ4v) is 1.69. The fraction of sp³-hybridized carbons (Fsp3) is 1.00. The zero-order chi connectivity index (χ0) is 12.9. The summed E-state index contributed by atoms with van der Waals surface area (Å²) in [5.74, 6) is 0. The van der Waals surface area contributed by atoms with E-state index in [1.807, 2.05) is 0 Å². The second-order valence-electron chi connectivity index (χ2n) is 4.58. The van der Waals surface area contributed by atoms with Crippen molar-refractivity contribution in [3.63, 3.8) is 0 Å². The molecule has 6 nitrogen and oxygen atoms in total. The molecule has 16 heavy (non-hydrogen) atoms. The van der Waals surface area contributed by atoms with Gasteiger partial charge in [0.05, 0.1) is 0 Å². The molecule has 0 aromatic heterocycles. The summed E-state index contributed by atoms with van der Waals surface area (Å²) in [5.41, 5.74) is 0. The Morgan fingerprint density at radius 2 is 0.625 bits per heavy atom. The maximum Gasteiger partial charge on any atom is 0.0449 e. The highest BCUT2D eigenvalue weighted by Crippen LogP contribution is 1.99. The lowest BCUT2D eigenvalue weighted by atomic mass is 10.6. The lowest BCUT2D eigenvalue weighted by molar-refractivity contribution is -0.177. The van der Waals surface area contributed by atoms with E-state index in [4.69, 9.17) is 0 Å². The summed E-state index contributed by atoms with van der Waals surface area (Å²) in [6.07, 6.45) is 0. The maximum atomic E-state index is 2.18. The van der Waals surface area contributed by atoms with Crippen molar-refractivity contribution >= 4 is 0 Å². The SMILES string of the molecule is CN(C)N(CCN(N(C)C)N(C)C)N(C)C. The quantitative estimate of drug-likeness (QED) is 0.547. The van der Waals surface area contributed by atoms with Crippen molar-refractivity contribution in [2.45, 2.75) is 0 Å². The lowest BCUT2D eigenvalue weighted by Gasteiger charge is -2.39. The van der Waals surface area contributed by atoms with Crippen LogP contribution in [-0.2, 0) is 0 Å². The molecule has 0 aliphatic heterocycles. The molecule has 0 aromatic rings. The number of hydrazine groups is 4. The third kappa shape index (κ3) is 5.20. The van der Waals surface area contributed by atoms with Crippen LogP contribution in [-0.4, -0.2) is 99.7 Å². The van der Waals surface area contributed by atoms with Crippen molar-refractivity contribution in [3.8, 4) is 0 Å². The van der Waals surface area contributed by atoms with E-state index in [9.17, 15) is 0 Å². The summed E-state index contributed by atoms with van der Waals surface area (Å²) in [6, 6.07) is 0. The molecule has 0 spiro atoms. The fourth-order valence-electron chi connectivity index (χ4n) is 1.69. The summed E-state index contributed by atoms with van der Waals surface area (Å²) >= 11 is 0. The molecular formula is C10H28N6. The monoisotopic (exact) mass is 232 g/mol. The smallest absolute Gasteiger partial charge is 0.0449 e. The second-order valence-corrected chi connectivity index (χ2v) is 4.58. The average molecular weight is 232 g/mol. The molecule has 0 saturated carbocycles. The van der Waals surface area contributed by atoms with Crippen molar-refractivity contribution < 1.29 is 0 Å². The summed E-state index contributed by atoms with van der Waals surface area (Å²) in [6.45, 7) is 1.88. The summed E-state index contributed by atoms with van der Waals surface area (Å²) in [5, 5.41) is 12.7. The normalized spacial score (nSPS) is 13.1. The number of hydrogen-bond donors (Lipinski definition) is 0. The molecule has 0 fully saturated rings. The van der Waals surface area contributed by atoms with E-state index in [0.29, 0.717) is 0 Å². The third-order valence-corrected chi connectivity index (χ3v) is 2.35. The van der Waals surface area contributed by atoms with Gasteiger partial charge in [0.25, 0.3) is 0 Å². The number of nitrogens with zero attached hydrogens (tertiary/aromatic N) is 6. The first kappa shape index (κ1) is 15.8. The predicted molar refractivity (Wildman–Crippen MR) is 68.2 cm³/mol. The van der Waals surface area contributed by atoms with Gasteiger partial charge in [-0.3, -0.25) is 0 Å². The molecule has 0 rings (SSSR count). The number of hydrogen-bond acceptors (Lipinski definition) is 6. The molecular weight excluding hydrogens is 204 g/mol. The van der Waals surface area contributed by atoms with Crippen LogP contribution in [0.25, 0.3) is 0 Å². The summed E-state index contributed by atoms with van der Waals surface area (Å²) < 4.78 is 0. The standard InChI is InChI=1S/C10H28N6/c1-11(2)15(12(3)4)9-10-16(13(5)6)14(7)8/h9-10H2,1-8H3. The van der Waals surface area contributed by atoms with E-state index >= 15 is 0 Å². The highest BCUT2D eigenvalue weighted by molar-refractivity contribution is 4.51. The summed E-state index contributed by atoms with van der Waals surface area (Å²) in [7, 11) is 16.4. The highest BCUT2D eigenvalue weighted by atomic mass is 15.9. The van der Waals surface area contributed by atoms with Crippen LogP contribution in [0.1, 0.15) is 0 Å². The Labute approximate surface area is 100 Å². The van der Waals surface area contributed by atoms with Crippen molar-refractivity contribution in [2.75, 3.05) is 69.5 Å². The van der Waals surface area contributed by atoms with Crippen molar-refractivity contribution in [1.82, 2.24) is 30.3 Å². The molecule has 0 amide bonds. The van der Waals surface area contributed by atoms with Gasteiger partial charge in [-0.05, 0) is 0 Å². The van der Waals surface area contributed by atoms with Gasteiger partial charge in [0.2, 0.25) is 0 Å². The van der Waals surface area contributed by atoms with Crippen LogP contribution in [0.4, 0.5) is 0 Å². The largest absolute Gasteiger partial charge is 0.234 e. The molecule has 0 saturated heterocycles. The maximum absolute atomic E-state index is 2.18. The van der Waals surface area contributed by atoms with Crippen LogP contribution in [0.3, 0.4) is 0 Å². The Kier molecular flexibility index (Phi) is 7.05. The zero-order valence-corrected chi connectivity index (χ0v) is 12.1. The van der Waals surface area contributed by atoms with Gasteiger partial charge in [-0.2, -0.15) is 10.2 Å². The Balaban J connectivity index is 4.27. The molecule has 0 radical (unpaired) electrons. The third-order valence-electron chi connectivity index (χ3n) is 2.35. The minimum absolute atomic E-state index is 0.941. The minimum atomic E-state index is 0.941. The van der Waals surface area contributed by atoms with Crippen LogP contribution in [0.2, 0.25) is 0 Å². The van der Waals surface area contributed by atoms with Gasteiger partial charge in [-0.25, -0.2) is 20.0 Å². The van der Waals surface area contributed by atoms with Crippen LogP contribution < -0.4 is 0 Å².